The number of nitrogens with zero attached hydrogens (tertiary/aromatic N) is 1. The third-order valence-electron chi connectivity index (χ3n) is 8.82. The second kappa shape index (κ2) is 15.1. The van der Waals surface area contributed by atoms with Crippen molar-refractivity contribution in [2.45, 2.75) is 41.7 Å². The molecule has 1 aliphatic carbocycles. The summed E-state index contributed by atoms with van der Waals surface area (Å²) < 4.78 is 0. The van der Waals surface area contributed by atoms with E-state index in [-0.39, 0.29) is 0 Å². The predicted octanol–water partition coefficient (Wildman–Crippen LogP) is 11.7. The van der Waals surface area contributed by atoms with E-state index in [9.17, 15) is 0 Å². The largest absolute Gasteiger partial charge is 0.304 e. The average molecular weight is 616 g/mol. The van der Waals surface area contributed by atoms with E-state index >= 15 is 0 Å². The molecule has 0 spiro atoms. The highest BCUT2D eigenvalue weighted by molar-refractivity contribution is 8.00. The number of aliphatic imine (C=N–C) groups is 1. The van der Waals surface area contributed by atoms with Crippen molar-refractivity contribution in [2.75, 3.05) is 7.05 Å². The summed E-state index contributed by atoms with van der Waals surface area (Å²) in [4.78, 5) is 4.72. The summed E-state index contributed by atoms with van der Waals surface area (Å²) in [6.45, 7) is 5.22. The highest BCUT2D eigenvalue weighted by Crippen LogP contribution is 2.56. The van der Waals surface area contributed by atoms with Gasteiger partial charge in [-0.2, -0.15) is 0 Å². The monoisotopic (exact) mass is 615 g/mol. The van der Waals surface area contributed by atoms with E-state index in [1.807, 2.05) is 6.07 Å². The van der Waals surface area contributed by atoms with Gasteiger partial charge in [0.05, 0.1) is 0 Å². The normalized spacial score (nSPS) is 17.5. The molecule has 228 valence electrons. The first-order valence-corrected chi connectivity index (χ1v) is 17.0. The van der Waals surface area contributed by atoms with Crippen LogP contribution in [0.3, 0.4) is 0 Å². The fourth-order valence-corrected chi connectivity index (χ4v) is 8.16. The fourth-order valence-electron chi connectivity index (χ4n) is 6.69. The van der Waals surface area contributed by atoms with Gasteiger partial charge in [-0.25, -0.2) is 0 Å². The molecule has 0 saturated heterocycles. The predicted molar refractivity (Wildman–Crippen MR) is 201 cm³/mol. The summed E-state index contributed by atoms with van der Waals surface area (Å²) >= 11 is 2.05. The summed E-state index contributed by atoms with van der Waals surface area (Å²) in [5, 5.41) is 3.35. The second-order valence-corrected chi connectivity index (χ2v) is 13.3. The van der Waals surface area contributed by atoms with Crippen LogP contribution in [0.5, 0.6) is 0 Å². The van der Waals surface area contributed by atoms with Gasteiger partial charge in [-0.05, 0) is 82.6 Å². The number of benzene rings is 6. The molecular weight excluding hydrogens is 575 g/mol. The summed E-state index contributed by atoms with van der Waals surface area (Å²) in [5.74, 6) is 1.09. The van der Waals surface area contributed by atoms with Gasteiger partial charge in [0.1, 0.15) is 0 Å². The molecule has 3 unspecified atom stereocenters. The standard InChI is InChI=1S/C29H24S.C13H12.C2H5N/c1-2-8-20(9-3-1)18-21-10-6-12-23(19-21)25-14-7-15-26-29(25)28-24-13-5-4-11-22(24)16-17-27(28)30-26;1-11-7-9-13(10-8-11)12-5-3-2-4-6-12;1-3-2/h1-13,15-17,19,25-26,29H,14,18H2;2-10H,1H3;1H2,2H3. The van der Waals surface area contributed by atoms with Crippen LogP contribution in [0, 0.1) is 6.92 Å². The molecule has 46 heavy (non-hydrogen) atoms. The van der Waals surface area contributed by atoms with Crippen LogP contribution in [-0.4, -0.2) is 19.0 Å². The number of thioether (sulfide) groups is 1. The molecule has 0 N–H and O–H groups in total. The molecule has 1 aliphatic heterocycles. The molecule has 0 bridgehead atoms. The van der Waals surface area contributed by atoms with Crippen molar-refractivity contribution in [3.8, 4) is 11.1 Å². The highest BCUT2D eigenvalue weighted by atomic mass is 32.2. The summed E-state index contributed by atoms with van der Waals surface area (Å²) in [5.41, 5.74) is 9.72. The minimum absolute atomic E-state index is 0.537. The second-order valence-electron chi connectivity index (χ2n) is 12.0. The summed E-state index contributed by atoms with van der Waals surface area (Å²) in [6.07, 6.45) is 6.99. The lowest BCUT2D eigenvalue weighted by Crippen LogP contribution is -2.20. The van der Waals surface area contributed by atoms with Crippen molar-refractivity contribution < 1.29 is 0 Å². The molecule has 3 atom stereocenters. The zero-order chi connectivity index (χ0) is 31.7. The first-order valence-electron chi connectivity index (χ1n) is 16.1. The van der Waals surface area contributed by atoms with Gasteiger partial charge in [0.15, 0.2) is 0 Å². The Kier molecular flexibility index (Phi) is 10.3. The zero-order valence-corrected chi connectivity index (χ0v) is 27.5. The van der Waals surface area contributed by atoms with Crippen LogP contribution in [-0.2, 0) is 6.42 Å². The molecule has 1 heterocycles. The van der Waals surface area contributed by atoms with E-state index in [0.717, 1.165) is 12.8 Å². The van der Waals surface area contributed by atoms with Gasteiger partial charge >= 0.3 is 0 Å². The van der Waals surface area contributed by atoms with E-state index in [1.54, 1.807) is 12.6 Å². The first-order chi connectivity index (χ1) is 22.6. The maximum Gasteiger partial charge on any atom is 0.0349 e. The third kappa shape index (κ3) is 7.25. The number of allylic oxidation sites excluding steroid dienone is 1. The van der Waals surface area contributed by atoms with Gasteiger partial charge < -0.3 is 4.99 Å². The van der Waals surface area contributed by atoms with Crippen LogP contribution in [0.4, 0.5) is 0 Å². The van der Waals surface area contributed by atoms with Crippen LogP contribution in [0.2, 0.25) is 0 Å². The Morgan fingerprint density at radius 3 is 2.11 bits per heavy atom. The Morgan fingerprint density at radius 2 is 1.35 bits per heavy atom. The van der Waals surface area contributed by atoms with Crippen molar-refractivity contribution in [1.29, 1.82) is 0 Å². The smallest absolute Gasteiger partial charge is 0.0349 e. The molecule has 2 heteroatoms. The lowest BCUT2D eigenvalue weighted by molar-refractivity contribution is 0.542. The molecule has 0 fully saturated rings. The minimum Gasteiger partial charge on any atom is -0.304 e. The zero-order valence-electron chi connectivity index (χ0n) is 26.7. The molecule has 1 nitrogen and oxygen atoms in total. The van der Waals surface area contributed by atoms with E-state index < -0.39 is 0 Å². The van der Waals surface area contributed by atoms with Crippen molar-refractivity contribution in [3.05, 3.63) is 186 Å². The van der Waals surface area contributed by atoms with Crippen molar-refractivity contribution >= 4 is 29.3 Å². The Labute approximate surface area is 278 Å². The Morgan fingerprint density at radius 1 is 0.696 bits per heavy atom. The lowest BCUT2D eigenvalue weighted by atomic mass is 9.73. The van der Waals surface area contributed by atoms with Gasteiger partial charge in [0, 0.05) is 23.1 Å². The van der Waals surface area contributed by atoms with Crippen LogP contribution in [0.25, 0.3) is 21.9 Å². The minimum atomic E-state index is 0.537. The number of hydrogen-bond donors (Lipinski definition) is 0. The molecular formula is C44H41NS. The number of rotatable bonds is 4. The van der Waals surface area contributed by atoms with E-state index in [4.69, 9.17) is 0 Å². The molecule has 8 rings (SSSR count). The SMILES string of the molecule is C1=CC2Sc3ccc4ccccc4c3C2C(c2cccc(Cc3ccccc3)c2)C1.C=NC.Cc1ccc(-c2ccccc2)cc1. The molecule has 0 saturated carbocycles. The van der Waals surface area contributed by atoms with E-state index in [0.29, 0.717) is 17.1 Å². The van der Waals surface area contributed by atoms with Crippen LogP contribution < -0.4 is 0 Å². The van der Waals surface area contributed by atoms with Crippen LogP contribution in [0.15, 0.2) is 168 Å². The lowest BCUT2D eigenvalue weighted by Gasteiger charge is -2.31. The molecule has 2 aliphatic rings. The number of aryl methyl sites for hydroxylation is 1. The molecule has 0 radical (unpaired) electrons. The number of fused-ring (bicyclic) bond motifs is 5. The van der Waals surface area contributed by atoms with Gasteiger partial charge in [0.25, 0.3) is 0 Å². The molecule has 0 amide bonds. The Bertz CT molecular complexity index is 1910. The van der Waals surface area contributed by atoms with Crippen LogP contribution in [0.1, 0.15) is 46.1 Å². The van der Waals surface area contributed by atoms with Gasteiger partial charge in [-0.3, -0.25) is 0 Å². The molecule has 6 aromatic rings. The Balaban J connectivity index is 0.000000194. The van der Waals surface area contributed by atoms with Crippen molar-refractivity contribution in [1.82, 2.24) is 0 Å². The molecule has 6 aromatic carbocycles. The molecule has 0 aromatic heterocycles. The van der Waals surface area contributed by atoms with Crippen molar-refractivity contribution in [2.24, 2.45) is 4.99 Å². The Hall–Kier alpha value is -4.66. The van der Waals surface area contributed by atoms with E-state index in [1.165, 1.54) is 49.0 Å². The third-order valence-corrected chi connectivity index (χ3v) is 10.2. The first kappa shape index (κ1) is 31.3. The maximum atomic E-state index is 3.25. The highest BCUT2D eigenvalue weighted by Gasteiger charge is 2.40. The van der Waals surface area contributed by atoms with Gasteiger partial charge in [-0.1, -0.05) is 157 Å². The topological polar surface area (TPSA) is 12.4 Å². The quantitative estimate of drug-likeness (QED) is 0.142. The number of hydrogen-bond acceptors (Lipinski definition) is 2. The van der Waals surface area contributed by atoms with Gasteiger partial charge in [-0.15, -0.1) is 11.8 Å². The summed E-state index contributed by atoms with van der Waals surface area (Å²) in [6, 6.07) is 52.7. The van der Waals surface area contributed by atoms with Crippen LogP contribution >= 0.6 is 11.8 Å². The summed E-state index contributed by atoms with van der Waals surface area (Å²) in [7, 11) is 1.64. The van der Waals surface area contributed by atoms with E-state index in [2.05, 4.69) is 182 Å². The van der Waals surface area contributed by atoms with Gasteiger partial charge in [0.2, 0.25) is 0 Å². The average Bonchev–Trinajstić information content (AvgIpc) is 3.50. The van der Waals surface area contributed by atoms with Crippen molar-refractivity contribution in [3.63, 3.8) is 0 Å². The maximum absolute atomic E-state index is 3.25. The fraction of sp³-hybridized carbons (Fsp3) is 0.159.